The lowest BCUT2D eigenvalue weighted by Crippen LogP contribution is -2.47. The number of amides is 3. The summed E-state index contributed by atoms with van der Waals surface area (Å²) in [5, 5.41) is 2.61. The number of alkyl carbamates (subject to hydrolysis) is 1. The molecule has 0 saturated carbocycles. The van der Waals surface area contributed by atoms with Crippen LogP contribution in [0.3, 0.4) is 0 Å². The Kier molecular flexibility index (Phi) is 6.57. The number of hydroxylamine groups is 2. The van der Waals surface area contributed by atoms with Crippen molar-refractivity contribution in [3.05, 3.63) is 35.4 Å². The van der Waals surface area contributed by atoms with Crippen molar-refractivity contribution in [3.63, 3.8) is 0 Å². The van der Waals surface area contributed by atoms with Gasteiger partial charge in [-0.15, -0.1) is 0 Å². The molecule has 0 spiro atoms. The highest BCUT2D eigenvalue weighted by molar-refractivity contribution is 6.20. The number of hydrogen-bond donors (Lipinski definition) is 1. The third-order valence-electron chi connectivity index (χ3n) is 3.78. The Morgan fingerprint density at radius 3 is 2.10 bits per heavy atom. The zero-order chi connectivity index (χ0) is 21.8. The van der Waals surface area contributed by atoms with Gasteiger partial charge in [-0.2, -0.15) is 0 Å². The normalized spacial score (nSPS) is 14.1. The number of imide groups is 1. The minimum atomic E-state index is -1.35. The summed E-state index contributed by atoms with van der Waals surface area (Å²) in [6, 6.07) is 4.64. The van der Waals surface area contributed by atoms with Crippen molar-refractivity contribution in [3.8, 4) is 0 Å². The van der Waals surface area contributed by atoms with Crippen molar-refractivity contribution in [2.75, 3.05) is 7.11 Å². The van der Waals surface area contributed by atoms with Crippen LogP contribution in [0.5, 0.6) is 0 Å². The Bertz CT molecular complexity index is 808. The first-order chi connectivity index (χ1) is 13.5. The van der Waals surface area contributed by atoms with E-state index in [9.17, 15) is 24.0 Å². The lowest BCUT2D eigenvalue weighted by Gasteiger charge is -2.23. The number of rotatable bonds is 6. The molecule has 10 heteroatoms. The Hall–Kier alpha value is -3.43. The fraction of sp³-hybridized carbons (Fsp3) is 0.421. The number of nitrogens with one attached hydrogen (secondary N) is 1. The van der Waals surface area contributed by atoms with Crippen LogP contribution in [-0.4, -0.2) is 53.7 Å². The molecule has 0 aromatic heterocycles. The maximum atomic E-state index is 12.6. The number of benzene rings is 1. The summed E-state index contributed by atoms with van der Waals surface area (Å²) < 4.78 is 9.62. The second-order valence-corrected chi connectivity index (χ2v) is 7.17. The highest BCUT2D eigenvalue weighted by Crippen LogP contribution is 2.23. The summed E-state index contributed by atoms with van der Waals surface area (Å²) in [6.45, 7) is 4.90. The molecule has 2 rings (SSSR count). The Morgan fingerprint density at radius 2 is 1.62 bits per heavy atom. The van der Waals surface area contributed by atoms with Gasteiger partial charge in [0.15, 0.2) is 0 Å². The van der Waals surface area contributed by atoms with E-state index in [2.05, 4.69) is 10.1 Å². The second-order valence-electron chi connectivity index (χ2n) is 7.17. The maximum absolute atomic E-state index is 12.6. The summed E-state index contributed by atoms with van der Waals surface area (Å²) in [5.74, 6) is -3.32. The van der Waals surface area contributed by atoms with Crippen molar-refractivity contribution in [1.29, 1.82) is 0 Å². The fourth-order valence-corrected chi connectivity index (χ4v) is 2.47. The number of carbonyl (C=O) groups is 5. The Labute approximate surface area is 167 Å². The average Bonchev–Trinajstić information content (AvgIpc) is 2.88. The third kappa shape index (κ3) is 5.53. The SMILES string of the molecule is COC(=O)CC[C@@H](NC(=O)OC(C)(C)C)C(=O)ON1C(=O)c2ccccc2C1=O. The summed E-state index contributed by atoms with van der Waals surface area (Å²) in [7, 11) is 1.18. The molecule has 10 nitrogen and oxygen atoms in total. The number of fused-ring (bicyclic) bond motifs is 1. The van der Waals surface area contributed by atoms with Crippen LogP contribution in [0.1, 0.15) is 54.3 Å². The second kappa shape index (κ2) is 8.72. The van der Waals surface area contributed by atoms with Crippen LogP contribution in [0.25, 0.3) is 0 Å². The van der Waals surface area contributed by atoms with Gasteiger partial charge in [0.2, 0.25) is 0 Å². The van der Waals surface area contributed by atoms with E-state index in [-0.39, 0.29) is 24.0 Å². The van der Waals surface area contributed by atoms with Crippen LogP contribution in [0.2, 0.25) is 0 Å². The molecular weight excluding hydrogens is 384 g/mol. The van der Waals surface area contributed by atoms with E-state index in [1.165, 1.54) is 19.2 Å². The summed E-state index contributed by atoms with van der Waals surface area (Å²) in [5.41, 5.74) is -0.642. The smallest absolute Gasteiger partial charge is 0.408 e. The molecule has 0 bridgehead atoms. The molecule has 1 aromatic rings. The lowest BCUT2D eigenvalue weighted by atomic mass is 10.1. The largest absolute Gasteiger partial charge is 0.469 e. The number of hydrogen-bond acceptors (Lipinski definition) is 8. The van der Waals surface area contributed by atoms with Gasteiger partial charge in [-0.25, -0.2) is 9.59 Å². The molecule has 0 aliphatic carbocycles. The first-order valence-corrected chi connectivity index (χ1v) is 8.79. The van der Waals surface area contributed by atoms with E-state index in [1.54, 1.807) is 32.9 Å². The van der Waals surface area contributed by atoms with Gasteiger partial charge in [0.25, 0.3) is 11.8 Å². The predicted molar refractivity (Wildman–Crippen MR) is 97.4 cm³/mol. The van der Waals surface area contributed by atoms with Gasteiger partial charge in [0.05, 0.1) is 18.2 Å². The molecule has 1 heterocycles. The quantitative estimate of drug-likeness (QED) is 0.557. The van der Waals surface area contributed by atoms with Crippen LogP contribution in [0, 0.1) is 0 Å². The first-order valence-electron chi connectivity index (χ1n) is 8.79. The van der Waals surface area contributed by atoms with Crippen LogP contribution in [-0.2, 0) is 23.9 Å². The van der Waals surface area contributed by atoms with Gasteiger partial charge in [-0.3, -0.25) is 14.4 Å². The molecule has 0 radical (unpaired) electrons. The van der Waals surface area contributed by atoms with Gasteiger partial charge in [0.1, 0.15) is 11.6 Å². The highest BCUT2D eigenvalue weighted by atomic mass is 16.7. The minimum absolute atomic E-state index is 0.0940. The number of nitrogens with zero attached hydrogens (tertiary/aromatic N) is 1. The predicted octanol–water partition coefficient (Wildman–Crippen LogP) is 1.59. The summed E-state index contributed by atoms with van der Waals surface area (Å²) in [4.78, 5) is 65.6. The zero-order valence-electron chi connectivity index (χ0n) is 16.5. The van der Waals surface area contributed by atoms with Gasteiger partial charge in [0, 0.05) is 6.42 Å². The molecule has 0 fully saturated rings. The van der Waals surface area contributed by atoms with E-state index >= 15 is 0 Å². The van der Waals surface area contributed by atoms with Crippen LogP contribution < -0.4 is 5.32 Å². The number of carbonyl (C=O) groups excluding carboxylic acids is 5. The number of methoxy groups -OCH3 is 1. The molecule has 3 amide bonds. The molecule has 1 aliphatic heterocycles. The molecule has 1 aliphatic rings. The Balaban J connectivity index is 2.12. The first kappa shape index (κ1) is 21.9. The molecule has 1 aromatic carbocycles. The average molecular weight is 406 g/mol. The van der Waals surface area contributed by atoms with Gasteiger partial charge >= 0.3 is 18.0 Å². The molecule has 1 N–H and O–H groups in total. The fourth-order valence-electron chi connectivity index (χ4n) is 2.47. The minimum Gasteiger partial charge on any atom is -0.469 e. The molecule has 0 unspecified atom stereocenters. The number of ether oxygens (including phenoxy) is 2. The van der Waals surface area contributed by atoms with Crippen molar-refractivity contribution >= 4 is 29.8 Å². The monoisotopic (exact) mass is 406 g/mol. The van der Waals surface area contributed by atoms with E-state index in [0.29, 0.717) is 5.06 Å². The molecule has 29 heavy (non-hydrogen) atoms. The third-order valence-corrected chi connectivity index (χ3v) is 3.78. The van der Waals surface area contributed by atoms with Gasteiger partial charge in [-0.1, -0.05) is 17.2 Å². The van der Waals surface area contributed by atoms with Crippen LogP contribution >= 0.6 is 0 Å². The topological polar surface area (TPSA) is 128 Å². The van der Waals surface area contributed by atoms with Gasteiger partial charge < -0.3 is 19.6 Å². The van der Waals surface area contributed by atoms with Crippen molar-refractivity contribution in [2.24, 2.45) is 0 Å². The van der Waals surface area contributed by atoms with E-state index in [1.807, 2.05) is 0 Å². The zero-order valence-corrected chi connectivity index (χ0v) is 16.5. The standard InChI is InChI=1S/C19H22N2O8/c1-19(2,3)28-18(26)20-13(9-10-14(22)27-4)17(25)29-21-15(23)11-7-5-6-8-12(11)16(21)24/h5-8,13H,9-10H2,1-4H3,(H,20,26)/t13-/m1/s1. The molecule has 1 atom stereocenters. The molecule has 156 valence electrons. The van der Waals surface area contributed by atoms with E-state index in [0.717, 1.165) is 0 Å². The van der Waals surface area contributed by atoms with E-state index < -0.39 is 41.5 Å². The summed E-state index contributed by atoms with van der Waals surface area (Å²) in [6.07, 6.45) is -1.33. The van der Waals surface area contributed by atoms with Crippen LogP contribution in [0.4, 0.5) is 4.79 Å². The maximum Gasteiger partial charge on any atom is 0.408 e. The molecular formula is C19H22N2O8. The highest BCUT2D eigenvalue weighted by Gasteiger charge is 2.40. The number of esters is 1. The lowest BCUT2D eigenvalue weighted by molar-refractivity contribution is -0.171. The van der Waals surface area contributed by atoms with E-state index in [4.69, 9.17) is 9.57 Å². The van der Waals surface area contributed by atoms with Crippen molar-refractivity contribution in [1.82, 2.24) is 10.4 Å². The van der Waals surface area contributed by atoms with Crippen molar-refractivity contribution in [2.45, 2.75) is 45.3 Å². The summed E-state index contributed by atoms with van der Waals surface area (Å²) >= 11 is 0. The Morgan fingerprint density at radius 1 is 1.07 bits per heavy atom. The molecule has 0 saturated heterocycles. The van der Waals surface area contributed by atoms with Crippen LogP contribution in [0.15, 0.2) is 24.3 Å². The van der Waals surface area contributed by atoms with Crippen molar-refractivity contribution < 1.29 is 38.3 Å². The van der Waals surface area contributed by atoms with Gasteiger partial charge in [-0.05, 0) is 39.3 Å².